The van der Waals surface area contributed by atoms with Crippen LogP contribution >= 0.6 is 22.6 Å². The van der Waals surface area contributed by atoms with Crippen molar-refractivity contribution in [1.29, 1.82) is 0 Å². The van der Waals surface area contributed by atoms with E-state index in [4.69, 9.17) is 0 Å². The van der Waals surface area contributed by atoms with Gasteiger partial charge in [-0.05, 0) is 47.1 Å². The summed E-state index contributed by atoms with van der Waals surface area (Å²) < 4.78 is 1.20. The van der Waals surface area contributed by atoms with Crippen LogP contribution in [-0.2, 0) is 12.8 Å². The lowest BCUT2D eigenvalue weighted by atomic mass is 10.0. The van der Waals surface area contributed by atoms with Crippen LogP contribution in [0.25, 0.3) is 0 Å². The van der Waals surface area contributed by atoms with Crippen LogP contribution in [0.1, 0.15) is 11.1 Å². The number of nitro benzene ring substituents is 1. The zero-order chi connectivity index (χ0) is 13.0. The summed E-state index contributed by atoms with van der Waals surface area (Å²) in [5.74, 6) is 0. The van der Waals surface area contributed by atoms with E-state index < -0.39 is 0 Å². The Morgan fingerprint density at radius 2 is 1.50 bits per heavy atom. The molecule has 18 heavy (non-hydrogen) atoms. The van der Waals surface area contributed by atoms with Gasteiger partial charge in [0.1, 0.15) is 0 Å². The van der Waals surface area contributed by atoms with Crippen molar-refractivity contribution in [2.75, 3.05) is 0 Å². The van der Waals surface area contributed by atoms with Crippen LogP contribution < -0.4 is 0 Å². The third kappa shape index (κ3) is 3.07. The van der Waals surface area contributed by atoms with Crippen molar-refractivity contribution in [1.82, 2.24) is 0 Å². The molecule has 0 aliphatic carbocycles. The Morgan fingerprint density at radius 3 is 2.17 bits per heavy atom. The first kappa shape index (κ1) is 13.0. The van der Waals surface area contributed by atoms with Crippen molar-refractivity contribution in [3.05, 3.63) is 73.3 Å². The number of nitrogens with zero attached hydrogens (tertiary/aromatic N) is 1. The quantitative estimate of drug-likeness (QED) is 0.474. The Kier molecular flexibility index (Phi) is 4.30. The minimum absolute atomic E-state index is 0.212. The minimum Gasteiger partial charge on any atom is -0.258 e. The van der Waals surface area contributed by atoms with Crippen LogP contribution in [0, 0.1) is 13.7 Å². The molecule has 0 amide bonds. The highest BCUT2D eigenvalue weighted by Gasteiger charge is 2.12. The van der Waals surface area contributed by atoms with Gasteiger partial charge >= 0.3 is 0 Å². The highest BCUT2D eigenvalue weighted by Crippen LogP contribution is 2.21. The molecule has 0 unspecified atom stereocenters. The number of nitro groups is 1. The molecule has 0 fully saturated rings. The first-order valence-corrected chi connectivity index (χ1v) is 6.72. The largest absolute Gasteiger partial charge is 0.272 e. The second-order valence-corrected chi connectivity index (χ2v) is 5.14. The lowest BCUT2D eigenvalue weighted by molar-refractivity contribution is -0.385. The van der Waals surface area contributed by atoms with Crippen LogP contribution in [0.15, 0.2) is 48.5 Å². The van der Waals surface area contributed by atoms with Gasteiger partial charge in [0.25, 0.3) is 5.69 Å². The van der Waals surface area contributed by atoms with Crippen molar-refractivity contribution >= 4 is 28.3 Å². The molecule has 0 saturated heterocycles. The third-order valence-electron chi connectivity index (χ3n) is 2.81. The summed E-state index contributed by atoms with van der Waals surface area (Å²) in [5, 5.41) is 10.9. The molecule has 0 N–H and O–H groups in total. The minimum atomic E-state index is -0.314. The maximum atomic E-state index is 10.9. The number of para-hydroxylation sites is 1. The topological polar surface area (TPSA) is 43.1 Å². The van der Waals surface area contributed by atoms with Crippen LogP contribution in [0.5, 0.6) is 0 Å². The highest BCUT2D eigenvalue weighted by molar-refractivity contribution is 14.1. The summed E-state index contributed by atoms with van der Waals surface area (Å²) in [6, 6.07) is 15.0. The first-order valence-electron chi connectivity index (χ1n) is 5.64. The number of halogens is 1. The average molecular weight is 353 g/mol. The van der Waals surface area contributed by atoms with Crippen molar-refractivity contribution in [2.45, 2.75) is 12.8 Å². The maximum absolute atomic E-state index is 10.9. The molecule has 0 spiro atoms. The highest BCUT2D eigenvalue weighted by atomic mass is 127. The van der Waals surface area contributed by atoms with E-state index in [1.165, 1.54) is 9.13 Å². The predicted octanol–water partition coefficient (Wildman–Crippen LogP) is 3.98. The molecule has 0 radical (unpaired) electrons. The van der Waals surface area contributed by atoms with Gasteiger partial charge < -0.3 is 0 Å². The van der Waals surface area contributed by atoms with Gasteiger partial charge in [-0.1, -0.05) is 36.4 Å². The molecule has 0 heterocycles. The van der Waals surface area contributed by atoms with Gasteiger partial charge in [0, 0.05) is 15.2 Å². The molecule has 0 aliphatic rings. The fraction of sp³-hybridized carbons (Fsp3) is 0.143. The normalized spacial score (nSPS) is 10.3. The number of benzene rings is 2. The summed E-state index contributed by atoms with van der Waals surface area (Å²) in [5.41, 5.74) is 2.24. The molecule has 2 aromatic rings. The first-order chi connectivity index (χ1) is 8.68. The van der Waals surface area contributed by atoms with Gasteiger partial charge in [0.05, 0.1) is 4.92 Å². The zero-order valence-corrected chi connectivity index (χ0v) is 11.8. The van der Waals surface area contributed by atoms with Crippen molar-refractivity contribution in [3.8, 4) is 0 Å². The van der Waals surface area contributed by atoms with Gasteiger partial charge in [-0.2, -0.15) is 0 Å². The Balaban J connectivity index is 2.16. The molecule has 0 aromatic heterocycles. The number of hydrogen-bond acceptors (Lipinski definition) is 2. The van der Waals surface area contributed by atoms with E-state index in [2.05, 4.69) is 34.7 Å². The maximum Gasteiger partial charge on any atom is 0.272 e. The van der Waals surface area contributed by atoms with E-state index in [-0.39, 0.29) is 10.6 Å². The molecular formula is C14H12INO2. The van der Waals surface area contributed by atoms with Gasteiger partial charge in [-0.15, -0.1) is 0 Å². The van der Waals surface area contributed by atoms with Crippen LogP contribution in [0.3, 0.4) is 0 Å². The third-order valence-corrected chi connectivity index (χ3v) is 3.86. The van der Waals surface area contributed by atoms with Gasteiger partial charge in [0.2, 0.25) is 0 Å². The smallest absolute Gasteiger partial charge is 0.258 e. The van der Waals surface area contributed by atoms with Gasteiger partial charge in [-0.3, -0.25) is 10.1 Å². The van der Waals surface area contributed by atoms with Crippen LogP contribution in [0.4, 0.5) is 5.69 Å². The van der Waals surface area contributed by atoms with E-state index in [1.54, 1.807) is 12.1 Å². The SMILES string of the molecule is O=[N+]([O-])c1ccccc1CCc1ccccc1I. The Labute approximate surface area is 119 Å². The summed E-state index contributed by atoms with van der Waals surface area (Å²) in [7, 11) is 0. The predicted molar refractivity (Wildman–Crippen MR) is 79.7 cm³/mol. The Morgan fingerprint density at radius 1 is 0.944 bits per heavy atom. The Bertz CT molecular complexity index is 569. The van der Waals surface area contributed by atoms with Crippen molar-refractivity contribution in [3.63, 3.8) is 0 Å². The van der Waals surface area contributed by atoms with Gasteiger partial charge in [0.15, 0.2) is 0 Å². The monoisotopic (exact) mass is 353 g/mol. The number of rotatable bonds is 4. The van der Waals surface area contributed by atoms with E-state index in [0.717, 1.165) is 12.0 Å². The lowest BCUT2D eigenvalue weighted by Gasteiger charge is -2.05. The average Bonchev–Trinajstić information content (AvgIpc) is 2.38. The second kappa shape index (κ2) is 5.95. The molecule has 2 aromatic carbocycles. The lowest BCUT2D eigenvalue weighted by Crippen LogP contribution is -1.98. The van der Waals surface area contributed by atoms with Crippen LogP contribution in [0.2, 0.25) is 0 Å². The molecule has 0 saturated carbocycles. The molecule has 0 bridgehead atoms. The number of aryl methyl sites for hydroxylation is 2. The van der Waals surface area contributed by atoms with E-state index in [0.29, 0.717) is 6.42 Å². The fourth-order valence-corrected chi connectivity index (χ4v) is 2.53. The molecular weight excluding hydrogens is 341 g/mol. The summed E-state index contributed by atoms with van der Waals surface area (Å²) >= 11 is 2.29. The summed E-state index contributed by atoms with van der Waals surface area (Å²) in [6.45, 7) is 0. The van der Waals surface area contributed by atoms with Crippen LogP contribution in [-0.4, -0.2) is 4.92 Å². The molecule has 4 heteroatoms. The molecule has 0 atom stereocenters. The Hall–Kier alpha value is -1.43. The molecule has 0 aliphatic heterocycles. The van der Waals surface area contributed by atoms with Gasteiger partial charge in [-0.25, -0.2) is 0 Å². The molecule has 2 rings (SSSR count). The number of hydrogen-bond donors (Lipinski definition) is 0. The fourth-order valence-electron chi connectivity index (χ4n) is 1.87. The van der Waals surface area contributed by atoms with E-state index in [9.17, 15) is 10.1 Å². The molecule has 3 nitrogen and oxygen atoms in total. The zero-order valence-electron chi connectivity index (χ0n) is 9.67. The second-order valence-electron chi connectivity index (χ2n) is 3.98. The standard InChI is InChI=1S/C14H12INO2/c15-13-7-3-1-5-11(13)9-10-12-6-2-4-8-14(12)16(17)18/h1-8H,9-10H2. The van der Waals surface area contributed by atoms with Crippen molar-refractivity contribution in [2.24, 2.45) is 0 Å². The summed E-state index contributed by atoms with van der Waals surface area (Å²) in [6.07, 6.45) is 1.52. The van der Waals surface area contributed by atoms with E-state index >= 15 is 0 Å². The molecule has 92 valence electrons. The van der Waals surface area contributed by atoms with E-state index in [1.807, 2.05) is 24.3 Å². The summed E-state index contributed by atoms with van der Waals surface area (Å²) in [4.78, 5) is 10.6. The van der Waals surface area contributed by atoms with Crippen molar-refractivity contribution < 1.29 is 4.92 Å².